The van der Waals surface area contributed by atoms with E-state index in [1.807, 2.05) is 41.8 Å². The molecule has 0 bridgehead atoms. The van der Waals surface area contributed by atoms with Gasteiger partial charge in [0.25, 0.3) is 5.91 Å². The Morgan fingerprint density at radius 1 is 1.33 bits per heavy atom. The number of carbonyl (C=O) groups is 1. The van der Waals surface area contributed by atoms with Crippen LogP contribution in [0, 0.1) is 0 Å². The molecule has 3 N–H and O–H groups in total. The zero-order valence-electron chi connectivity index (χ0n) is 10.4. The minimum absolute atomic E-state index is 0.0996. The van der Waals surface area contributed by atoms with Gasteiger partial charge in [0.2, 0.25) is 0 Å². The average molecular weight is 243 g/mol. The first-order valence-corrected chi connectivity index (χ1v) is 5.98. The maximum atomic E-state index is 12.0. The van der Waals surface area contributed by atoms with Crippen LogP contribution in [0.5, 0.6) is 0 Å². The van der Waals surface area contributed by atoms with Crippen LogP contribution in [0.2, 0.25) is 0 Å². The molecule has 2 aromatic rings. The molecule has 2 rings (SSSR count). The highest BCUT2D eigenvalue weighted by Gasteiger charge is 2.11. The zero-order chi connectivity index (χ0) is 13.0. The zero-order valence-corrected chi connectivity index (χ0v) is 10.4. The molecule has 1 amide bonds. The van der Waals surface area contributed by atoms with Crippen molar-refractivity contribution in [1.29, 1.82) is 0 Å². The molecule has 0 aliphatic carbocycles. The van der Waals surface area contributed by atoms with Gasteiger partial charge < -0.3 is 15.6 Å². The minimum atomic E-state index is -0.0996. The van der Waals surface area contributed by atoms with E-state index < -0.39 is 0 Å². The minimum Gasteiger partial charge on any atom is -0.397 e. The largest absolute Gasteiger partial charge is 0.397 e. The van der Waals surface area contributed by atoms with Crippen molar-refractivity contribution >= 4 is 11.6 Å². The van der Waals surface area contributed by atoms with Gasteiger partial charge in [0.1, 0.15) is 5.69 Å². The third-order valence-electron chi connectivity index (χ3n) is 2.79. The summed E-state index contributed by atoms with van der Waals surface area (Å²) in [6.07, 6.45) is 1.78. The third kappa shape index (κ3) is 2.71. The number of hydrogen-bond acceptors (Lipinski definition) is 2. The van der Waals surface area contributed by atoms with Crippen LogP contribution in [0.3, 0.4) is 0 Å². The van der Waals surface area contributed by atoms with Crippen molar-refractivity contribution in [3.05, 3.63) is 53.9 Å². The Labute approximate surface area is 106 Å². The van der Waals surface area contributed by atoms with Gasteiger partial charge in [-0.15, -0.1) is 0 Å². The summed E-state index contributed by atoms with van der Waals surface area (Å²) in [5, 5.41) is 2.89. The van der Waals surface area contributed by atoms with Crippen LogP contribution in [0.15, 0.2) is 42.6 Å². The molecule has 4 heteroatoms. The Balaban J connectivity index is 2.04. The SMILES string of the molecule is CCn1cc(N)cc1C(=O)NCc1ccccc1. The van der Waals surface area contributed by atoms with E-state index in [-0.39, 0.29) is 5.91 Å². The third-order valence-corrected chi connectivity index (χ3v) is 2.79. The predicted octanol–water partition coefficient (Wildman–Crippen LogP) is 2.02. The maximum absolute atomic E-state index is 12.0. The van der Waals surface area contributed by atoms with Crippen LogP contribution in [0.25, 0.3) is 0 Å². The number of nitrogens with one attached hydrogen (secondary N) is 1. The number of anilines is 1. The first-order chi connectivity index (χ1) is 8.70. The van der Waals surface area contributed by atoms with E-state index in [4.69, 9.17) is 5.73 Å². The molecule has 4 nitrogen and oxygen atoms in total. The molecule has 0 aliphatic heterocycles. The number of nitrogens with zero attached hydrogens (tertiary/aromatic N) is 1. The molecule has 0 spiro atoms. The Morgan fingerprint density at radius 3 is 2.72 bits per heavy atom. The van der Waals surface area contributed by atoms with E-state index in [1.54, 1.807) is 12.3 Å². The fourth-order valence-electron chi connectivity index (χ4n) is 1.85. The molecule has 0 atom stereocenters. The van der Waals surface area contributed by atoms with Crippen LogP contribution >= 0.6 is 0 Å². The normalized spacial score (nSPS) is 10.3. The van der Waals surface area contributed by atoms with Gasteiger partial charge in [0.15, 0.2) is 0 Å². The number of aryl methyl sites for hydroxylation is 1. The van der Waals surface area contributed by atoms with E-state index in [0.717, 1.165) is 12.1 Å². The lowest BCUT2D eigenvalue weighted by atomic mass is 10.2. The summed E-state index contributed by atoms with van der Waals surface area (Å²) in [6.45, 7) is 3.23. The quantitative estimate of drug-likeness (QED) is 0.863. The Kier molecular flexibility index (Phi) is 3.67. The van der Waals surface area contributed by atoms with Crippen LogP contribution in [-0.2, 0) is 13.1 Å². The Morgan fingerprint density at radius 2 is 2.06 bits per heavy atom. The molecule has 1 heterocycles. The molecule has 0 radical (unpaired) electrons. The summed E-state index contributed by atoms with van der Waals surface area (Å²) in [4.78, 5) is 12.0. The lowest BCUT2D eigenvalue weighted by Crippen LogP contribution is -2.25. The van der Waals surface area contributed by atoms with Crippen molar-refractivity contribution in [2.45, 2.75) is 20.0 Å². The molecule has 0 saturated heterocycles. The Bertz CT molecular complexity index is 531. The molecule has 0 saturated carbocycles. The number of hydrogen-bond donors (Lipinski definition) is 2. The number of aromatic nitrogens is 1. The van der Waals surface area contributed by atoms with Gasteiger partial charge in [-0.1, -0.05) is 30.3 Å². The monoisotopic (exact) mass is 243 g/mol. The van der Waals surface area contributed by atoms with Crippen LogP contribution in [-0.4, -0.2) is 10.5 Å². The second-order valence-electron chi connectivity index (χ2n) is 4.11. The first-order valence-electron chi connectivity index (χ1n) is 5.98. The van der Waals surface area contributed by atoms with Crippen LogP contribution in [0.4, 0.5) is 5.69 Å². The number of rotatable bonds is 4. The van der Waals surface area contributed by atoms with Crippen LogP contribution in [0.1, 0.15) is 23.0 Å². The molecule has 0 fully saturated rings. The van der Waals surface area contributed by atoms with Gasteiger partial charge in [-0.2, -0.15) is 0 Å². The first kappa shape index (κ1) is 12.2. The van der Waals surface area contributed by atoms with Gasteiger partial charge in [0.05, 0.1) is 5.69 Å². The molecular weight excluding hydrogens is 226 g/mol. The molecule has 1 aromatic heterocycles. The molecular formula is C14H17N3O. The highest BCUT2D eigenvalue weighted by atomic mass is 16.1. The molecule has 0 aliphatic rings. The number of nitrogen functional groups attached to an aromatic ring is 1. The standard InChI is InChI=1S/C14H17N3O/c1-2-17-10-12(15)8-13(17)14(18)16-9-11-6-4-3-5-7-11/h3-8,10H,2,9,15H2,1H3,(H,16,18). The fourth-order valence-corrected chi connectivity index (χ4v) is 1.85. The van der Waals surface area contributed by atoms with Gasteiger partial charge in [0, 0.05) is 19.3 Å². The van der Waals surface area contributed by atoms with Crippen molar-refractivity contribution in [2.75, 3.05) is 5.73 Å². The van der Waals surface area contributed by atoms with Gasteiger partial charge in [-0.05, 0) is 18.6 Å². The van der Waals surface area contributed by atoms with Crippen molar-refractivity contribution in [3.8, 4) is 0 Å². The number of carbonyl (C=O) groups excluding carboxylic acids is 1. The lowest BCUT2D eigenvalue weighted by Gasteiger charge is -2.07. The van der Waals surface area contributed by atoms with Crippen molar-refractivity contribution in [3.63, 3.8) is 0 Å². The van der Waals surface area contributed by atoms with E-state index in [0.29, 0.717) is 17.9 Å². The average Bonchev–Trinajstić information content (AvgIpc) is 2.78. The van der Waals surface area contributed by atoms with Crippen molar-refractivity contribution in [1.82, 2.24) is 9.88 Å². The summed E-state index contributed by atoms with van der Waals surface area (Å²) >= 11 is 0. The summed E-state index contributed by atoms with van der Waals surface area (Å²) in [6, 6.07) is 11.5. The molecule has 1 aromatic carbocycles. The number of nitrogens with two attached hydrogens (primary N) is 1. The molecule has 94 valence electrons. The Hall–Kier alpha value is -2.23. The highest BCUT2D eigenvalue weighted by Crippen LogP contribution is 2.10. The van der Waals surface area contributed by atoms with E-state index in [9.17, 15) is 4.79 Å². The summed E-state index contributed by atoms with van der Waals surface area (Å²) in [5.74, 6) is -0.0996. The summed E-state index contributed by atoms with van der Waals surface area (Å²) < 4.78 is 1.84. The topological polar surface area (TPSA) is 60.0 Å². The highest BCUT2D eigenvalue weighted by molar-refractivity contribution is 5.93. The van der Waals surface area contributed by atoms with Gasteiger partial charge in [-0.3, -0.25) is 4.79 Å². The van der Waals surface area contributed by atoms with Crippen molar-refractivity contribution < 1.29 is 4.79 Å². The van der Waals surface area contributed by atoms with Crippen molar-refractivity contribution in [2.24, 2.45) is 0 Å². The summed E-state index contributed by atoms with van der Waals surface area (Å²) in [7, 11) is 0. The molecule has 18 heavy (non-hydrogen) atoms. The summed E-state index contributed by atoms with van der Waals surface area (Å²) in [5.41, 5.74) is 7.99. The smallest absolute Gasteiger partial charge is 0.268 e. The van der Waals surface area contributed by atoms with E-state index in [2.05, 4.69) is 5.32 Å². The fraction of sp³-hybridized carbons (Fsp3) is 0.214. The van der Waals surface area contributed by atoms with E-state index >= 15 is 0 Å². The van der Waals surface area contributed by atoms with Gasteiger partial charge in [-0.25, -0.2) is 0 Å². The predicted molar refractivity (Wildman–Crippen MR) is 72.1 cm³/mol. The number of benzene rings is 1. The van der Waals surface area contributed by atoms with Gasteiger partial charge >= 0.3 is 0 Å². The lowest BCUT2D eigenvalue weighted by molar-refractivity contribution is 0.0942. The number of amides is 1. The van der Waals surface area contributed by atoms with Crippen LogP contribution < -0.4 is 11.1 Å². The van der Waals surface area contributed by atoms with E-state index in [1.165, 1.54) is 0 Å². The molecule has 0 unspecified atom stereocenters. The maximum Gasteiger partial charge on any atom is 0.268 e. The second kappa shape index (κ2) is 5.40. The second-order valence-corrected chi connectivity index (χ2v) is 4.11.